The van der Waals surface area contributed by atoms with Crippen molar-refractivity contribution in [2.24, 2.45) is 0 Å². The van der Waals surface area contributed by atoms with Crippen molar-refractivity contribution in [3.8, 4) is 5.75 Å². The molecule has 1 aromatic carbocycles. The average molecular weight is 207 g/mol. The van der Waals surface area contributed by atoms with Crippen LogP contribution in [0.5, 0.6) is 5.75 Å². The molecule has 1 heterocycles. The zero-order chi connectivity index (χ0) is 11.0. The molecular weight excluding hydrogens is 198 g/mol. The Morgan fingerprint density at radius 3 is 2.87 bits per heavy atom. The maximum absolute atomic E-state index is 11.4. The maximum atomic E-state index is 11.4. The highest BCUT2D eigenvalue weighted by molar-refractivity contribution is 6.09. The summed E-state index contributed by atoms with van der Waals surface area (Å²) >= 11 is 0. The zero-order valence-corrected chi connectivity index (χ0v) is 8.03. The third-order valence-electron chi connectivity index (χ3n) is 2.35. The first-order valence-corrected chi connectivity index (χ1v) is 4.36. The lowest BCUT2D eigenvalue weighted by Crippen LogP contribution is -2.15. The van der Waals surface area contributed by atoms with Crippen molar-refractivity contribution in [1.82, 2.24) is 5.32 Å². The summed E-state index contributed by atoms with van der Waals surface area (Å²) in [7, 11) is 1.38. The number of carboxylic acid groups (broad SMARTS) is 1. The van der Waals surface area contributed by atoms with E-state index in [1.807, 2.05) is 0 Å². The molecule has 0 bridgehead atoms. The summed E-state index contributed by atoms with van der Waals surface area (Å²) in [6.07, 6.45) is 0. The monoisotopic (exact) mass is 207 g/mol. The molecule has 1 aliphatic heterocycles. The number of fused-ring (bicyclic) bond motifs is 1. The first kappa shape index (κ1) is 9.51. The molecule has 5 nitrogen and oxygen atoms in total. The van der Waals surface area contributed by atoms with Gasteiger partial charge in [-0.2, -0.15) is 0 Å². The molecule has 1 aromatic rings. The van der Waals surface area contributed by atoms with Crippen LogP contribution in [-0.4, -0.2) is 24.1 Å². The van der Waals surface area contributed by atoms with Gasteiger partial charge in [0.2, 0.25) is 0 Å². The van der Waals surface area contributed by atoms with Gasteiger partial charge in [0.1, 0.15) is 11.3 Å². The van der Waals surface area contributed by atoms with Crippen molar-refractivity contribution in [2.45, 2.75) is 6.54 Å². The van der Waals surface area contributed by atoms with Gasteiger partial charge in [0.25, 0.3) is 5.91 Å². The Balaban J connectivity index is 2.72. The lowest BCUT2D eigenvalue weighted by atomic mass is 10.0. The van der Waals surface area contributed by atoms with Crippen LogP contribution in [0.1, 0.15) is 26.3 Å². The molecule has 1 aliphatic rings. The fourth-order valence-corrected chi connectivity index (χ4v) is 1.68. The van der Waals surface area contributed by atoms with Crippen molar-refractivity contribution in [1.29, 1.82) is 0 Å². The van der Waals surface area contributed by atoms with E-state index in [0.717, 1.165) is 0 Å². The minimum absolute atomic E-state index is 0.0648. The number of rotatable bonds is 2. The number of aromatic carboxylic acids is 1. The van der Waals surface area contributed by atoms with E-state index in [2.05, 4.69) is 5.32 Å². The number of ether oxygens (including phenoxy) is 1. The number of carbonyl (C=O) groups excluding carboxylic acids is 1. The summed E-state index contributed by atoms with van der Waals surface area (Å²) in [6, 6.07) is 3.25. The normalized spacial score (nSPS) is 13.3. The van der Waals surface area contributed by atoms with Crippen LogP contribution in [0, 0.1) is 0 Å². The van der Waals surface area contributed by atoms with E-state index in [-0.39, 0.29) is 22.8 Å². The number of hydrogen-bond acceptors (Lipinski definition) is 3. The minimum Gasteiger partial charge on any atom is -0.496 e. The van der Waals surface area contributed by atoms with Gasteiger partial charge in [-0.1, -0.05) is 6.07 Å². The predicted molar refractivity (Wildman–Crippen MR) is 51.1 cm³/mol. The molecule has 2 N–H and O–H groups in total. The van der Waals surface area contributed by atoms with E-state index in [0.29, 0.717) is 12.1 Å². The molecule has 5 heteroatoms. The number of carbonyl (C=O) groups is 2. The largest absolute Gasteiger partial charge is 0.496 e. The van der Waals surface area contributed by atoms with Crippen molar-refractivity contribution < 1.29 is 19.4 Å². The summed E-state index contributed by atoms with van der Waals surface area (Å²) in [5.41, 5.74) is 0.838. The summed E-state index contributed by atoms with van der Waals surface area (Å²) < 4.78 is 4.92. The number of methoxy groups -OCH3 is 1. The lowest BCUT2D eigenvalue weighted by molar-refractivity contribution is 0.0688. The Bertz CT molecular complexity index is 453. The van der Waals surface area contributed by atoms with E-state index >= 15 is 0 Å². The second kappa shape index (κ2) is 3.27. The molecule has 2 rings (SSSR count). The lowest BCUT2D eigenvalue weighted by Gasteiger charge is -2.07. The third kappa shape index (κ3) is 1.32. The highest BCUT2D eigenvalue weighted by Crippen LogP contribution is 2.28. The third-order valence-corrected chi connectivity index (χ3v) is 2.35. The number of hydrogen-bond donors (Lipinski definition) is 2. The smallest absolute Gasteiger partial charge is 0.340 e. The van der Waals surface area contributed by atoms with E-state index in [9.17, 15) is 9.59 Å². The molecule has 1 amide bonds. The van der Waals surface area contributed by atoms with Crippen LogP contribution in [0.15, 0.2) is 12.1 Å². The van der Waals surface area contributed by atoms with Gasteiger partial charge in [-0.05, 0) is 11.6 Å². The quantitative estimate of drug-likeness (QED) is 0.746. The minimum atomic E-state index is -1.15. The molecule has 0 aliphatic carbocycles. The van der Waals surface area contributed by atoms with Gasteiger partial charge in [0.05, 0.1) is 12.7 Å². The summed E-state index contributed by atoms with van der Waals surface area (Å²) in [6.45, 7) is 0.373. The van der Waals surface area contributed by atoms with Crippen LogP contribution in [0.25, 0.3) is 0 Å². The number of nitrogens with one attached hydrogen (secondary N) is 1. The molecule has 0 saturated carbocycles. The Morgan fingerprint density at radius 2 is 2.27 bits per heavy atom. The van der Waals surface area contributed by atoms with Crippen LogP contribution in [0.4, 0.5) is 0 Å². The standard InChI is InChI=1S/C10H9NO4/c1-15-6-3-2-5-4-11-9(12)7(5)8(6)10(13)14/h2-3H,4H2,1H3,(H,11,12)(H,13,14). The van der Waals surface area contributed by atoms with Crippen molar-refractivity contribution >= 4 is 11.9 Å². The highest BCUT2D eigenvalue weighted by atomic mass is 16.5. The summed E-state index contributed by atoms with van der Waals surface area (Å²) in [5, 5.41) is 11.6. The van der Waals surface area contributed by atoms with Crippen LogP contribution in [-0.2, 0) is 6.54 Å². The van der Waals surface area contributed by atoms with E-state index in [1.165, 1.54) is 7.11 Å². The Hall–Kier alpha value is -2.04. The fraction of sp³-hybridized carbons (Fsp3) is 0.200. The average Bonchev–Trinajstić information content (AvgIpc) is 2.59. The van der Waals surface area contributed by atoms with Gasteiger partial charge in [0, 0.05) is 6.54 Å². The van der Waals surface area contributed by atoms with Crippen LogP contribution in [0.3, 0.4) is 0 Å². The summed E-state index contributed by atoms with van der Waals surface area (Å²) in [4.78, 5) is 22.5. The van der Waals surface area contributed by atoms with Crippen LogP contribution >= 0.6 is 0 Å². The Labute approximate surface area is 85.7 Å². The zero-order valence-electron chi connectivity index (χ0n) is 8.03. The first-order chi connectivity index (χ1) is 7.15. The second-order valence-corrected chi connectivity index (χ2v) is 3.16. The molecular formula is C10H9NO4. The fourth-order valence-electron chi connectivity index (χ4n) is 1.68. The van der Waals surface area contributed by atoms with Crippen molar-refractivity contribution in [3.05, 3.63) is 28.8 Å². The number of benzene rings is 1. The van der Waals surface area contributed by atoms with Crippen LogP contribution in [0.2, 0.25) is 0 Å². The second-order valence-electron chi connectivity index (χ2n) is 3.16. The molecule has 78 valence electrons. The molecule has 0 saturated heterocycles. The van der Waals surface area contributed by atoms with Gasteiger partial charge in [0.15, 0.2) is 0 Å². The van der Waals surface area contributed by atoms with Crippen LogP contribution < -0.4 is 10.1 Å². The molecule has 0 spiro atoms. The van der Waals surface area contributed by atoms with E-state index in [1.54, 1.807) is 12.1 Å². The van der Waals surface area contributed by atoms with Crippen molar-refractivity contribution in [3.63, 3.8) is 0 Å². The molecule has 0 fully saturated rings. The van der Waals surface area contributed by atoms with E-state index < -0.39 is 5.97 Å². The molecule has 0 aromatic heterocycles. The molecule has 0 unspecified atom stereocenters. The SMILES string of the molecule is COc1ccc2c(c1C(=O)O)C(=O)NC2. The predicted octanol–water partition coefficient (Wildman–Crippen LogP) is 0.637. The number of amides is 1. The highest BCUT2D eigenvalue weighted by Gasteiger charge is 2.28. The maximum Gasteiger partial charge on any atom is 0.340 e. The van der Waals surface area contributed by atoms with E-state index in [4.69, 9.17) is 9.84 Å². The topological polar surface area (TPSA) is 75.6 Å². The summed E-state index contributed by atoms with van der Waals surface area (Å²) in [5.74, 6) is -1.31. The number of carboxylic acids is 1. The Kier molecular flexibility index (Phi) is 2.07. The van der Waals surface area contributed by atoms with Crippen molar-refractivity contribution in [2.75, 3.05) is 7.11 Å². The van der Waals surface area contributed by atoms with Gasteiger partial charge >= 0.3 is 5.97 Å². The van der Waals surface area contributed by atoms with Gasteiger partial charge in [-0.3, -0.25) is 4.79 Å². The first-order valence-electron chi connectivity index (χ1n) is 4.36. The Morgan fingerprint density at radius 1 is 1.53 bits per heavy atom. The molecule has 0 atom stereocenters. The molecule has 0 radical (unpaired) electrons. The molecule has 15 heavy (non-hydrogen) atoms. The van der Waals surface area contributed by atoms with Gasteiger partial charge in [-0.15, -0.1) is 0 Å². The van der Waals surface area contributed by atoms with Gasteiger partial charge in [-0.25, -0.2) is 4.79 Å². The van der Waals surface area contributed by atoms with Gasteiger partial charge < -0.3 is 15.2 Å².